The topological polar surface area (TPSA) is 69.4 Å². The molecule has 0 aliphatic carbocycles. The van der Waals surface area contributed by atoms with Gasteiger partial charge < -0.3 is 4.74 Å². The average Bonchev–Trinajstić information content (AvgIpc) is 2.21. The van der Waals surface area contributed by atoms with Crippen molar-refractivity contribution in [3.05, 3.63) is 38.1 Å². The summed E-state index contributed by atoms with van der Waals surface area (Å²) in [7, 11) is 0. The third-order valence-electron chi connectivity index (χ3n) is 1.96. The second kappa shape index (κ2) is 5.72. The van der Waals surface area contributed by atoms with E-state index in [1.807, 2.05) is 0 Å². The van der Waals surface area contributed by atoms with Gasteiger partial charge in [-0.2, -0.15) is 0 Å². The summed E-state index contributed by atoms with van der Waals surface area (Å²) in [5, 5.41) is 10.7. The van der Waals surface area contributed by atoms with E-state index in [0.29, 0.717) is 0 Å². The highest BCUT2D eigenvalue weighted by Gasteiger charge is 2.22. The zero-order valence-electron chi connectivity index (χ0n) is 8.91. The van der Waals surface area contributed by atoms with Gasteiger partial charge in [0.05, 0.1) is 23.5 Å². The summed E-state index contributed by atoms with van der Waals surface area (Å²) in [5.74, 6) is -1.50. The van der Waals surface area contributed by atoms with Crippen molar-refractivity contribution in [2.45, 2.75) is 13.3 Å². The Morgan fingerprint density at radius 3 is 2.76 bits per heavy atom. The fourth-order valence-corrected chi connectivity index (χ4v) is 1.70. The first-order valence-corrected chi connectivity index (χ1v) is 5.53. The van der Waals surface area contributed by atoms with E-state index >= 15 is 0 Å². The third kappa shape index (κ3) is 3.48. The van der Waals surface area contributed by atoms with Crippen LogP contribution in [0.2, 0.25) is 0 Å². The number of ether oxygens (including phenoxy) is 1. The Morgan fingerprint density at radius 2 is 2.24 bits per heavy atom. The van der Waals surface area contributed by atoms with Crippen LogP contribution in [0.25, 0.3) is 0 Å². The van der Waals surface area contributed by atoms with Gasteiger partial charge in [-0.25, -0.2) is 4.39 Å². The zero-order chi connectivity index (χ0) is 13.0. The molecule has 0 amide bonds. The van der Waals surface area contributed by atoms with E-state index in [2.05, 4.69) is 20.7 Å². The lowest BCUT2D eigenvalue weighted by Gasteiger charge is -2.05. The third-order valence-corrected chi connectivity index (χ3v) is 2.42. The molecule has 0 heterocycles. The highest BCUT2D eigenvalue weighted by Crippen LogP contribution is 2.27. The van der Waals surface area contributed by atoms with Gasteiger partial charge in [-0.05, 0) is 13.0 Å². The summed E-state index contributed by atoms with van der Waals surface area (Å²) in [5.41, 5.74) is -0.707. The van der Waals surface area contributed by atoms with E-state index in [1.54, 1.807) is 6.92 Å². The fourth-order valence-electron chi connectivity index (χ4n) is 1.28. The van der Waals surface area contributed by atoms with Crippen LogP contribution in [0.1, 0.15) is 12.5 Å². The van der Waals surface area contributed by atoms with Crippen molar-refractivity contribution in [1.29, 1.82) is 0 Å². The van der Waals surface area contributed by atoms with Gasteiger partial charge in [-0.1, -0.05) is 15.9 Å². The summed E-state index contributed by atoms with van der Waals surface area (Å²) in [6.07, 6.45) is -0.455. The van der Waals surface area contributed by atoms with Crippen LogP contribution in [0, 0.1) is 15.9 Å². The van der Waals surface area contributed by atoms with Gasteiger partial charge in [-0.3, -0.25) is 14.9 Å². The molecular weight excluding hydrogens is 297 g/mol. The van der Waals surface area contributed by atoms with Crippen molar-refractivity contribution in [2.24, 2.45) is 0 Å². The van der Waals surface area contributed by atoms with E-state index in [-0.39, 0.29) is 16.6 Å². The maximum absolute atomic E-state index is 13.5. The van der Waals surface area contributed by atoms with Crippen LogP contribution >= 0.6 is 15.9 Å². The molecule has 0 saturated heterocycles. The molecule has 7 heteroatoms. The first kappa shape index (κ1) is 13.6. The van der Waals surface area contributed by atoms with Crippen molar-refractivity contribution in [2.75, 3.05) is 6.61 Å². The lowest BCUT2D eigenvalue weighted by Crippen LogP contribution is -2.10. The highest BCUT2D eigenvalue weighted by molar-refractivity contribution is 9.10. The molecule has 1 aromatic carbocycles. The molecule has 0 fully saturated rings. The Balaban J connectivity index is 3.12. The van der Waals surface area contributed by atoms with Gasteiger partial charge in [0.15, 0.2) is 0 Å². The Hall–Kier alpha value is -1.50. The molecule has 0 radical (unpaired) electrons. The second-order valence-corrected chi connectivity index (χ2v) is 4.04. The van der Waals surface area contributed by atoms with Gasteiger partial charge in [0.1, 0.15) is 5.82 Å². The van der Waals surface area contributed by atoms with Crippen LogP contribution in [0.3, 0.4) is 0 Å². The summed E-state index contributed by atoms with van der Waals surface area (Å²) < 4.78 is 18.4. The quantitative estimate of drug-likeness (QED) is 0.487. The van der Waals surface area contributed by atoms with Crippen molar-refractivity contribution in [1.82, 2.24) is 0 Å². The average molecular weight is 306 g/mol. The molecule has 1 rings (SSSR count). The maximum atomic E-state index is 13.5. The Morgan fingerprint density at radius 1 is 1.59 bits per heavy atom. The van der Waals surface area contributed by atoms with Gasteiger partial charge in [-0.15, -0.1) is 0 Å². The monoisotopic (exact) mass is 305 g/mol. The smallest absolute Gasteiger partial charge is 0.310 e. The summed E-state index contributed by atoms with van der Waals surface area (Å²) in [4.78, 5) is 21.2. The SMILES string of the molecule is CCOC(=O)Cc1c(F)cc(Br)cc1[N+](=O)[O-]. The predicted molar refractivity (Wildman–Crippen MR) is 61.1 cm³/mol. The van der Waals surface area contributed by atoms with Crippen LogP contribution in [0.5, 0.6) is 0 Å². The van der Waals surface area contributed by atoms with Crippen LogP contribution in [0.15, 0.2) is 16.6 Å². The molecule has 0 spiro atoms. The molecule has 92 valence electrons. The highest BCUT2D eigenvalue weighted by atomic mass is 79.9. The number of nitro benzene ring substituents is 1. The standard InChI is InChI=1S/C10H9BrFNO4/c1-2-17-10(14)5-7-8(12)3-6(11)4-9(7)13(15)16/h3-4H,2,5H2,1H3. The summed E-state index contributed by atoms with van der Waals surface area (Å²) in [6.45, 7) is 1.75. The Bertz CT molecular complexity index is 464. The van der Waals surface area contributed by atoms with Crippen LogP contribution < -0.4 is 0 Å². The number of hydrogen-bond acceptors (Lipinski definition) is 4. The first-order valence-electron chi connectivity index (χ1n) is 4.73. The van der Waals surface area contributed by atoms with Crippen molar-refractivity contribution in [3.63, 3.8) is 0 Å². The molecule has 0 atom stereocenters. The van der Waals surface area contributed by atoms with Gasteiger partial charge in [0.25, 0.3) is 5.69 Å². The van der Waals surface area contributed by atoms with E-state index in [0.717, 1.165) is 12.1 Å². The molecule has 0 saturated carbocycles. The van der Waals surface area contributed by atoms with Crippen LogP contribution in [0.4, 0.5) is 10.1 Å². The molecule has 1 aromatic rings. The lowest BCUT2D eigenvalue weighted by atomic mass is 10.1. The molecule has 0 unspecified atom stereocenters. The molecule has 0 aromatic heterocycles. The maximum Gasteiger partial charge on any atom is 0.310 e. The number of carbonyl (C=O) groups excluding carboxylic acids is 1. The number of esters is 1. The molecule has 0 N–H and O–H groups in total. The molecule has 5 nitrogen and oxygen atoms in total. The molecule has 0 aliphatic rings. The van der Waals surface area contributed by atoms with Gasteiger partial charge in [0.2, 0.25) is 0 Å². The van der Waals surface area contributed by atoms with Crippen molar-refractivity contribution in [3.8, 4) is 0 Å². The Labute approximate surface area is 105 Å². The van der Waals surface area contributed by atoms with E-state index in [9.17, 15) is 19.3 Å². The summed E-state index contributed by atoms with van der Waals surface area (Å²) >= 11 is 2.95. The van der Waals surface area contributed by atoms with E-state index < -0.39 is 28.8 Å². The minimum Gasteiger partial charge on any atom is -0.466 e. The van der Waals surface area contributed by atoms with E-state index in [1.165, 1.54) is 0 Å². The lowest BCUT2D eigenvalue weighted by molar-refractivity contribution is -0.385. The summed E-state index contributed by atoms with van der Waals surface area (Å²) in [6, 6.07) is 2.22. The van der Waals surface area contributed by atoms with Gasteiger partial charge in [0, 0.05) is 10.5 Å². The number of nitrogens with zero attached hydrogens (tertiary/aromatic N) is 1. The minimum absolute atomic E-state index is 0.144. The molecule has 0 aliphatic heterocycles. The molecule has 0 bridgehead atoms. The molecule has 17 heavy (non-hydrogen) atoms. The van der Waals surface area contributed by atoms with Crippen molar-refractivity contribution < 1.29 is 18.8 Å². The molecular formula is C10H9BrFNO4. The van der Waals surface area contributed by atoms with Gasteiger partial charge >= 0.3 is 5.97 Å². The number of hydrogen-bond donors (Lipinski definition) is 0. The van der Waals surface area contributed by atoms with Crippen LogP contribution in [-0.2, 0) is 16.0 Å². The number of benzene rings is 1. The van der Waals surface area contributed by atoms with Crippen LogP contribution in [-0.4, -0.2) is 17.5 Å². The second-order valence-electron chi connectivity index (χ2n) is 3.12. The van der Waals surface area contributed by atoms with Crippen molar-refractivity contribution >= 4 is 27.6 Å². The zero-order valence-corrected chi connectivity index (χ0v) is 10.5. The first-order chi connectivity index (χ1) is 7.95. The minimum atomic E-state index is -0.806. The number of carbonyl (C=O) groups is 1. The number of halogens is 2. The largest absolute Gasteiger partial charge is 0.466 e. The number of rotatable bonds is 4. The van der Waals surface area contributed by atoms with E-state index in [4.69, 9.17) is 0 Å². The number of nitro groups is 1. The fraction of sp³-hybridized carbons (Fsp3) is 0.300. The normalized spacial score (nSPS) is 10.1. The Kier molecular flexibility index (Phi) is 4.56. The predicted octanol–water partition coefficient (Wildman–Crippen LogP) is 2.60.